The highest BCUT2D eigenvalue weighted by atomic mass is 32.2. The van der Waals surface area contributed by atoms with E-state index in [1.165, 1.54) is 0 Å². The zero-order chi connectivity index (χ0) is 18.0. The summed E-state index contributed by atoms with van der Waals surface area (Å²) < 4.78 is 30.9. The summed E-state index contributed by atoms with van der Waals surface area (Å²) in [6.45, 7) is 4.08. The van der Waals surface area contributed by atoms with Crippen LogP contribution in [0, 0.1) is 13.8 Å². The maximum absolute atomic E-state index is 12.5. The van der Waals surface area contributed by atoms with E-state index in [0.717, 1.165) is 11.4 Å². The number of aromatic nitrogens is 5. The Morgan fingerprint density at radius 2 is 1.92 bits per heavy atom. The Bertz CT molecular complexity index is 975. The molecule has 0 aliphatic rings. The molecule has 0 aliphatic heterocycles. The molecule has 0 radical (unpaired) electrons. The summed E-state index contributed by atoms with van der Waals surface area (Å²) in [4.78, 5) is 4.49. The number of rotatable bonds is 6. The first-order chi connectivity index (χ1) is 11.9. The second kappa shape index (κ2) is 6.77. The largest absolute Gasteiger partial charge is 0.271 e. The van der Waals surface area contributed by atoms with Crippen LogP contribution in [0.2, 0.25) is 0 Å². The van der Waals surface area contributed by atoms with E-state index in [9.17, 15) is 8.42 Å². The molecule has 0 saturated carbocycles. The summed E-state index contributed by atoms with van der Waals surface area (Å²) in [6.07, 6.45) is 3.51. The Hall–Kier alpha value is -2.52. The molecule has 25 heavy (non-hydrogen) atoms. The van der Waals surface area contributed by atoms with Crippen LogP contribution in [-0.2, 0) is 23.6 Å². The molecule has 8 nitrogen and oxygen atoms in total. The minimum Gasteiger partial charge on any atom is -0.271 e. The summed E-state index contributed by atoms with van der Waals surface area (Å²) in [5, 5.41) is 8.57. The molecule has 132 valence electrons. The van der Waals surface area contributed by atoms with Gasteiger partial charge in [-0.1, -0.05) is 6.07 Å². The number of hydrogen-bond donors (Lipinski definition) is 1. The van der Waals surface area contributed by atoms with Crippen molar-refractivity contribution in [2.45, 2.75) is 25.3 Å². The van der Waals surface area contributed by atoms with Crippen LogP contribution in [0.15, 0.2) is 41.6 Å². The first kappa shape index (κ1) is 17.3. The minimum atomic E-state index is -3.60. The molecule has 3 aromatic heterocycles. The van der Waals surface area contributed by atoms with Crippen molar-refractivity contribution >= 4 is 10.0 Å². The van der Waals surface area contributed by atoms with Crippen LogP contribution in [0.5, 0.6) is 0 Å². The van der Waals surface area contributed by atoms with Gasteiger partial charge in [0.25, 0.3) is 0 Å². The van der Waals surface area contributed by atoms with Gasteiger partial charge in [-0.25, -0.2) is 13.1 Å². The van der Waals surface area contributed by atoms with E-state index < -0.39 is 10.0 Å². The molecule has 3 heterocycles. The molecule has 0 aromatic carbocycles. The predicted octanol–water partition coefficient (Wildman–Crippen LogP) is 1.27. The standard InChI is InChI=1S/C16H20N6O2S/c1-12-16(13(2)21(3)19-12)25(23,24)18-9-11-22-10-7-15(20-22)14-6-4-5-8-17-14/h4-8,10,18H,9,11H2,1-3H3. The van der Waals surface area contributed by atoms with Crippen molar-refractivity contribution in [2.75, 3.05) is 6.54 Å². The molecular weight excluding hydrogens is 340 g/mol. The Balaban J connectivity index is 1.66. The molecule has 0 spiro atoms. The lowest BCUT2D eigenvalue weighted by molar-refractivity contribution is 0.560. The fourth-order valence-corrected chi connectivity index (χ4v) is 4.10. The number of nitrogens with zero attached hydrogens (tertiary/aromatic N) is 5. The summed E-state index contributed by atoms with van der Waals surface area (Å²) in [7, 11) is -1.88. The highest BCUT2D eigenvalue weighted by molar-refractivity contribution is 7.89. The van der Waals surface area contributed by atoms with E-state index in [0.29, 0.717) is 17.9 Å². The molecule has 0 amide bonds. The van der Waals surface area contributed by atoms with Gasteiger partial charge in [-0.3, -0.25) is 14.3 Å². The van der Waals surface area contributed by atoms with Crippen molar-refractivity contribution in [3.8, 4) is 11.4 Å². The van der Waals surface area contributed by atoms with Crippen molar-refractivity contribution in [1.29, 1.82) is 0 Å². The molecule has 3 rings (SSSR count). The Morgan fingerprint density at radius 1 is 1.12 bits per heavy atom. The number of aryl methyl sites for hydroxylation is 2. The van der Waals surface area contributed by atoms with Crippen LogP contribution in [0.3, 0.4) is 0 Å². The van der Waals surface area contributed by atoms with Gasteiger partial charge in [0.15, 0.2) is 0 Å². The molecule has 9 heteroatoms. The van der Waals surface area contributed by atoms with E-state index in [-0.39, 0.29) is 11.4 Å². The highest BCUT2D eigenvalue weighted by Gasteiger charge is 2.23. The third kappa shape index (κ3) is 3.62. The van der Waals surface area contributed by atoms with E-state index in [4.69, 9.17) is 0 Å². The van der Waals surface area contributed by atoms with E-state index in [2.05, 4.69) is 19.9 Å². The predicted molar refractivity (Wildman–Crippen MR) is 93.3 cm³/mol. The summed E-state index contributed by atoms with van der Waals surface area (Å²) in [5.41, 5.74) is 2.64. The molecule has 3 aromatic rings. The number of hydrogen-bond acceptors (Lipinski definition) is 5. The van der Waals surface area contributed by atoms with Crippen molar-refractivity contribution in [2.24, 2.45) is 7.05 Å². The molecule has 0 saturated heterocycles. The van der Waals surface area contributed by atoms with Crippen molar-refractivity contribution < 1.29 is 8.42 Å². The van der Waals surface area contributed by atoms with E-state index in [1.54, 1.807) is 42.7 Å². The number of sulfonamides is 1. The van der Waals surface area contributed by atoms with Gasteiger partial charge in [-0.05, 0) is 32.0 Å². The van der Waals surface area contributed by atoms with Gasteiger partial charge in [-0.15, -0.1) is 0 Å². The van der Waals surface area contributed by atoms with Crippen molar-refractivity contribution in [3.63, 3.8) is 0 Å². The van der Waals surface area contributed by atoms with Gasteiger partial charge in [0, 0.05) is 26.0 Å². The Morgan fingerprint density at radius 3 is 2.56 bits per heavy atom. The van der Waals surface area contributed by atoms with Crippen LogP contribution >= 0.6 is 0 Å². The molecule has 0 atom stereocenters. The zero-order valence-corrected chi connectivity index (χ0v) is 15.2. The Labute approximate surface area is 146 Å². The molecule has 0 fully saturated rings. The van der Waals surface area contributed by atoms with Gasteiger partial charge in [0.1, 0.15) is 10.6 Å². The highest BCUT2D eigenvalue weighted by Crippen LogP contribution is 2.18. The molecule has 0 bridgehead atoms. The zero-order valence-electron chi connectivity index (χ0n) is 14.3. The normalized spacial score (nSPS) is 11.8. The average Bonchev–Trinajstić information content (AvgIpc) is 3.13. The summed E-state index contributed by atoms with van der Waals surface area (Å²) in [6, 6.07) is 7.47. The second-order valence-electron chi connectivity index (χ2n) is 5.70. The van der Waals surface area contributed by atoms with Crippen molar-refractivity contribution in [3.05, 3.63) is 48.0 Å². The van der Waals surface area contributed by atoms with Gasteiger partial charge in [0.2, 0.25) is 10.0 Å². The SMILES string of the molecule is Cc1nn(C)c(C)c1S(=O)(=O)NCCn1ccc(-c2ccccn2)n1. The van der Waals surface area contributed by atoms with E-state index >= 15 is 0 Å². The second-order valence-corrected chi connectivity index (χ2v) is 7.40. The number of nitrogens with one attached hydrogen (secondary N) is 1. The fraction of sp³-hybridized carbons (Fsp3) is 0.312. The summed E-state index contributed by atoms with van der Waals surface area (Å²) >= 11 is 0. The van der Waals surface area contributed by atoms with Crippen LogP contribution in [0.4, 0.5) is 0 Å². The first-order valence-electron chi connectivity index (χ1n) is 7.83. The maximum Gasteiger partial charge on any atom is 0.244 e. The van der Waals surface area contributed by atoms with Gasteiger partial charge in [-0.2, -0.15) is 10.2 Å². The van der Waals surface area contributed by atoms with Crippen LogP contribution in [0.1, 0.15) is 11.4 Å². The van der Waals surface area contributed by atoms with Gasteiger partial charge >= 0.3 is 0 Å². The lowest BCUT2D eigenvalue weighted by Crippen LogP contribution is -2.28. The van der Waals surface area contributed by atoms with Gasteiger partial charge < -0.3 is 0 Å². The lowest BCUT2D eigenvalue weighted by atomic mass is 10.3. The Kier molecular flexibility index (Phi) is 4.69. The third-order valence-corrected chi connectivity index (χ3v) is 5.62. The average molecular weight is 360 g/mol. The maximum atomic E-state index is 12.5. The third-order valence-electron chi connectivity index (χ3n) is 3.91. The quantitative estimate of drug-likeness (QED) is 0.714. The van der Waals surface area contributed by atoms with E-state index in [1.807, 2.05) is 24.3 Å². The molecule has 0 unspecified atom stereocenters. The van der Waals surface area contributed by atoms with Crippen LogP contribution in [-0.4, -0.2) is 39.5 Å². The topological polar surface area (TPSA) is 94.7 Å². The lowest BCUT2D eigenvalue weighted by Gasteiger charge is -2.07. The fourth-order valence-electron chi connectivity index (χ4n) is 2.65. The smallest absolute Gasteiger partial charge is 0.244 e. The molecule has 1 N–H and O–H groups in total. The summed E-state index contributed by atoms with van der Waals surface area (Å²) in [5.74, 6) is 0. The monoisotopic (exact) mass is 360 g/mol. The van der Waals surface area contributed by atoms with Crippen LogP contribution in [0.25, 0.3) is 11.4 Å². The first-order valence-corrected chi connectivity index (χ1v) is 9.31. The molecular formula is C16H20N6O2S. The minimum absolute atomic E-state index is 0.236. The van der Waals surface area contributed by atoms with Gasteiger partial charge in [0.05, 0.1) is 23.6 Å². The number of pyridine rings is 1. The van der Waals surface area contributed by atoms with Crippen LogP contribution < -0.4 is 4.72 Å². The molecule has 0 aliphatic carbocycles. The van der Waals surface area contributed by atoms with Crippen molar-refractivity contribution in [1.82, 2.24) is 29.3 Å².